The first-order chi connectivity index (χ1) is 8.58. The average molecular weight is 268 g/mol. The van der Waals surface area contributed by atoms with Gasteiger partial charge in [-0.25, -0.2) is 0 Å². The zero-order chi connectivity index (χ0) is 13.2. The molecule has 6 heteroatoms. The number of carbonyl (C=O) groups is 1. The molecule has 0 aromatic carbocycles. The fraction of sp³-hybridized carbons (Fsp3) is 0.667. The van der Waals surface area contributed by atoms with Crippen molar-refractivity contribution in [2.45, 2.75) is 39.0 Å². The Labute approximate surface area is 111 Å². The van der Waals surface area contributed by atoms with Crippen LogP contribution < -0.4 is 16.8 Å². The summed E-state index contributed by atoms with van der Waals surface area (Å²) in [5.41, 5.74) is 11.7. The lowest BCUT2D eigenvalue weighted by molar-refractivity contribution is 0.100. The van der Waals surface area contributed by atoms with Crippen molar-refractivity contribution in [1.29, 1.82) is 0 Å². The molecular formula is C12H20N4OS. The van der Waals surface area contributed by atoms with E-state index in [0.29, 0.717) is 16.0 Å². The molecule has 1 aromatic heterocycles. The number of anilines is 2. The second-order valence-corrected chi connectivity index (χ2v) is 5.82. The Morgan fingerprint density at radius 3 is 2.72 bits per heavy atom. The van der Waals surface area contributed by atoms with E-state index in [9.17, 15) is 4.79 Å². The number of nitrogens with zero attached hydrogens (tertiary/aromatic N) is 1. The first-order valence-corrected chi connectivity index (χ1v) is 7.14. The van der Waals surface area contributed by atoms with Crippen molar-refractivity contribution in [3.63, 3.8) is 0 Å². The summed E-state index contributed by atoms with van der Waals surface area (Å²) < 4.78 is 3.99. The van der Waals surface area contributed by atoms with Gasteiger partial charge in [0.1, 0.15) is 10.6 Å². The van der Waals surface area contributed by atoms with Gasteiger partial charge in [-0.05, 0) is 36.2 Å². The van der Waals surface area contributed by atoms with Crippen LogP contribution in [0, 0.1) is 5.41 Å². The molecule has 18 heavy (non-hydrogen) atoms. The lowest BCUT2D eigenvalue weighted by atomic mass is 9.83. The minimum atomic E-state index is -0.513. The van der Waals surface area contributed by atoms with Crippen LogP contribution in [0.2, 0.25) is 0 Å². The first kappa shape index (κ1) is 13.1. The van der Waals surface area contributed by atoms with E-state index < -0.39 is 5.91 Å². The Morgan fingerprint density at radius 1 is 1.50 bits per heavy atom. The number of nitrogen functional groups attached to an aromatic ring is 1. The third kappa shape index (κ3) is 2.43. The number of aromatic nitrogens is 1. The maximum Gasteiger partial charge on any atom is 0.255 e. The molecule has 0 radical (unpaired) electrons. The summed E-state index contributed by atoms with van der Waals surface area (Å²) in [6.07, 6.45) is 6.24. The Morgan fingerprint density at radius 2 is 2.17 bits per heavy atom. The lowest BCUT2D eigenvalue weighted by Gasteiger charge is -2.27. The monoisotopic (exact) mass is 268 g/mol. The topological polar surface area (TPSA) is 94.0 Å². The van der Waals surface area contributed by atoms with Crippen LogP contribution in [0.5, 0.6) is 0 Å². The van der Waals surface area contributed by atoms with E-state index in [2.05, 4.69) is 16.6 Å². The lowest BCUT2D eigenvalue weighted by Crippen LogP contribution is -2.26. The molecule has 0 unspecified atom stereocenters. The number of primary amides is 1. The fourth-order valence-electron chi connectivity index (χ4n) is 2.71. The van der Waals surface area contributed by atoms with E-state index in [0.717, 1.165) is 13.0 Å². The highest BCUT2D eigenvalue weighted by Crippen LogP contribution is 2.41. The van der Waals surface area contributed by atoms with Gasteiger partial charge in [0.05, 0.1) is 0 Å². The van der Waals surface area contributed by atoms with Crippen LogP contribution in [0.3, 0.4) is 0 Å². The summed E-state index contributed by atoms with van der Waals surface area (Å²) in [4.78, 5) is 11.3. The minimum Gasteiger partial charge on any atom is -0.382 e. The molecule has 1 aliphatic carbocycles. The molecular weight excluding hydrogens is 248 g/mol. The quantitative estimate of drug-likeness (QED) is 0.763. The second-order valence-electron chi connectivity index (χ2n) is 5.05. The van der Waals surface area contributed by atoms with Crippen molar-refractivity contribution >= 4 is 28.3 Å². The molecule has 0 aliphatic heterocycles. The minimum absolute atomic E-state index is 0.229. The third-order valence-corrected chi connectivity index (χ3v) is 4.82. The molecule has 0 atom stereocenters. The standard InChI is InChI=1S/C12H20N4OS/c1-2-12(5-3-4-6-12)7-15-11-8(10(14)17)9(13)16-18-11/h15H,2-7H2,1H3,(H2,13,16)(H2,14,17). The zero-order valence-electron chi connectivity index (χ0n) is 10.7. The molecule has 0 spiro atoms. The van der Waals surface area contributed by atoms with Crippen LogP contribution in [-0.4, -0.2) is 16.8 Å². The highest BCUT2D eigenvalue weighted by atomic mass is 32.1. The largest absolute Gasteiger partial charge is 0.382 e. The maximum atomic E-state index is 11.3. The van der Waals surface area contributed by atoms with Gasteiger partial charge in [-0.2, -0.15) is 4.37 Å². The summed E-state index contributed by atoms with van der Waals surface area (Å²) in [7, 11) is 0. The van der Waals surface area contributed by atoms with Crippen molar-refractivity contribution in [3.05, 3.63) is 5.56 Å². The fourth-order valence-corrected chi connectivity index (χ4v) is 3.42. The Balaban J connectivity index is 2.08. The van der Waals surface area contributed by atoms with E-state index in [-0.39, 0.29) is 5.82 Å². The smallest absolute Gasteiger partial charge is 0.255 e. The van der Waals surface area contributed by atoms with E-state index >= 15 is 0 Å². The zero-order valence-corrected chi connectivity index (χ0v) is 11.5. The van der Waals surface area contributed by atoms with E-state index in [1.54, 1.807) is 0 Å². The highest BCUT2D eigenvalue weighted by Gasteiger charge is 2.32. The molecule has 1 aliphatic rings. The molecule has 1 aromatic rings. The van der Waals surface area contributed by atoms with Gasteiger partial charge in [-0.1, -0.05) is 19.8 Å². The predicted molar refractivity (Wildman–Crippen MR) is 74.7 cm³/mol. The van der Waals surface area contributed by atoms with E-state index in [4.69, 9.17) is 11.5 Å². The van der Waals surface area contributed by atoms with Gasteiger partial charge in [0, 0.05) is 6.54 Å². The third-order valence-electron chi connectivity index (χ3n) is 4.00. The number of hydrogen-bond donors (Lipinski definition) is 3. The molecule has 5 nitrogen and oxygen atoms in total. The van der Waals surface area contributed by atoms with Crippen molar-refractivity contribution in [2.75, 3.05) is 17.6 Å². The summed E-state index contributed by atoms with van der Waals surface area (Å²) in [5, 5.41) is 4.03. The van der Waals surface area contributed by atoms with Crippen LogP contribution in [0.15, 0.2) is 0 Å². The number of rotatable bonds is 5. The SMILES string of the molecule is CCC1(CNc2snc(N)c2C(N)=O)CCCC1. The van der Waals surface area contributed by atoms with Gasteiger partial charge < -0.3 is 16.8 Å². The van der Waals surface area contributed by atoms with Gasteiger partial charge in [0.2, 0.25) is 0 Å². The van der Waals surface area contributed by atoms with Crippen molar-refractivity contribution < 1.29 is 4.79 Å². The molecule has 1 amide bonds. The molecule has 0 bridgehead atoms. The predicted octanol–water partition coefficient (Wildman–Crippen LogP) is 2.21. The normalized spacial score (nSPS) is 17.8. The molecule has 5 N–H and O–H groups in total. The Bertz CT molecular complexity index is 437. The summed E-state index contributed by atoms with van der Waals surface area (Å²) in [6.45, 7) is 3.09. The maximum absolute atomic E-state index is 11.3. The van der Waals surface area contributed by atoms with Crippen LogP contribution in [-0.2, 0) is 0 Å². The first-order valence-electron chi connectivity index (χ1n) is 6.37. The molecule has 1 heterocycles. The second kappa shape index (κ2) is 5.14. The van der Waals surface area contributed by atoms with Gasteiger partial charge in [-0.3, -0.25) is 4.79 Å². The van der Waals surface area contributed by atoms with Gasteiger partial charge in [-0.15, -0.1) is 0 Å². The van der Waals surface area contributed by atoms with Crippen molar-refractivity contribution in [1.82, 2.24) is 4.37 Å². The number of amides is 1. The number of nitrogens with two attached hydrogens (primary N) is 2. The molecule has 0 saturated heterocycles. The molecule has 1 saturated carbocycles. The van der Waals surface area contributed by atoms with Crippen LogP contribution >= 0.6 is 11.5 Å². The number of carbonyl (C=O) groups excluding carboxylic acids is 1. The molecule has 2 rings (SSSR count). The Hall–Kier alpha value is -1.30. The van der Waals surface area contributed by atoms with Gasteiger partial charge >= 0.3 is 0 Å². The summed E-state index contributed by atoms with van der Waals surface area (Å²) in [5.74, 6) is -0.285. The van der Waals surface area contributed by atoms with Crippen LogP contribution in [0.4, 0.5) is 10.8 Å². The molecule has 1 fully saturated rings. The van der Waals surface area contributed by atoms with Crippen molar-refractivity contribution in [2.24, 2.45) is 11.1 Å². The van der Waals surface area contributed by atoms with Crippen LogP contribution in [0.1, 0.15) is 49.4 Å². The summed E-state index contributed by atoms with van der Waals surface area (Å²) in [6, 6.07) is 0. The average Bonchev–Trinajstić information content (AvgIpc) is 2.94. The number of nitrogens with one attached hydrogen (secondary N) is 1. The Kier molecular flexibility index (Phi) is 3.75. The highest BCUT2D eigenvalue weighted by molar-refractivity contribution is 7.11. The van der Waals surface area contributed by atoms with Crippen molar-refractivity contribution in [3.8, 4) is 0 Å². The van der Waals surface area contributed by atoms with Gasteiger partial charge in [0.25, 0.3) is 5.91 Å². The van der Waals surface area contributed by atoms with Gasteiger partial charge in [0.15, 0.2) is 5.82 Å². The number of hydrogen-bond acceptors (Lipinski definition) is 5. The van der Waals surface area contributed by atoms with Crippen LogP contribution in [0.25, 0.3) is 0 Å². The van der Waals surface area contributed by atoms with E-state index in [1.807, 2.05) is 0 Å². The van der Waals surface area contributed by atoms with E-state index in [1.165, 1.54) is 37.2 Å². The summed E-state index contributed by atoms with van der Waals surface area (Å²) >= 11 is 1.21. The molecule has 100 valence electrons.